The van der Waals surface area contributed by atoms with E-state index in [1.807, 2.05) is 0 Å². The van der Waals surface area contributed by atoms with Gasteiger partial charge in [0.2, 0.25) is 0 Å². The summed E-state index contributed by atoms with van der Waals surface area (Å²) in [6.07, 6.45) is 6.61. The van der Waals surface area contributed by atoms with Crippen LogP contribution in [0.25, 0.3) is 0 Å². The lowest BCUT2D eigenvalue weighted by Crippen LogP contribution is -2.49. The van der Waals surface area contributed by atoms with E-state index in [2.05, 4.69) is 211 Å². The van der Waals surface area contributed by atoms with E-state index in [0.29, 0.717) is 29.9 Å². The fourth-order valence-electron chi connectivity index (χ4n) is 9.96. The number of halogens is 2. The maximum Gasteiger partial charge on any atom is 0.367 e. The summed E-state index contributed by atoms with van der Waals surface area (Å²) >= 11 is 0. The van der Waals surface area contributed by atoms with Gasteiger partial charge in [-0.15, -0.1) is 0 Å². The van der Waals surface area contributed by atoms with E-state index in [0.717, 1.165) is 11.8 Å². The molecule has 0 amide bonds. The zero-order valence-corrected chi connectivity index (χ0v) is 53.5. The SMILES string of the molecule is C=C(C)C(=O)OC(CC)CC(=O)OCCS(=O)(=O)[O-].C=C(C)C(=O)OCC(F)(F)S(=O)(=O)[O-].C=C(C)C(=O)OCOC1C2CC3CC(C2)CC1C3.c1ccc([S+](c2ccccc2)c2ccccc2)cc1.c1ccc([S+](c2ccccc2)c2ccccc2)cc1. The highest BCUT2D eigenvalue weighted by atomic mass is 32.2. The Kier molecular flexibility index (Phi) is 29.2. The summed E-state index contributed by atoms with van der Waals surface area (Å²) in [6.45, 7) is 13.9. The molecule has 0 aliphatic heterocycles. The van der Waals surface area contributed by atoms with Crippen LogP contribution in [0.2, 0.25) is 0 Å². The van der Waals surface area contributed by atoms with E-state index in [1.165, 1.54) is 75.3 Å². The van der Waals surface area contributed by atoms with E-state index < -0.39 is 68.5 Å². The second kappa shape index (κ2) is 35.8. The number of carbonyl (C=O) groups excluding carboxylic acids is 4. The van der Waals surface area contributed by atoms with E-state index in [-0.39, 0.29) is 52.1 Å². The minimum absolute atomic E-state index is 0.0146. The maximum atomic E-state index is 12.3. The summed E-state index contributed by atoms with van der Waals surface area (Å²) in [5, 5.41) is -4.61. The van der Waals surface area contributed by atoms with Gasteiger partial charge in [0, 0.05) is 16.7 Å². The molecule has 4 fully saturated rings. The molecule has 15 nitrogen and oxygen atoms in total. The molecule has 0 heterocycles. The summed E-state index contributed by atoms with van der Waals surface area (Å²) in [5.74, 6) is -0.328. The van der Waals surface area contributed by atoms with Crippen molar-refractivity contribution in [1.82, 2.24) is 0 Å². The van der Waals surface area contributed by atoms with Crippen LogP contribution in [0.5, 0.6) is 0 Å². The van der Waals surface area contributed by atoms with Gasteiger partial charge in [0.25, 0.3) is 0 Å². The third-order valence-corrected chi connectivity index (χ3v) is 19.9. The second-order valence-corrected chi connectivity index (χ2v) is 28.3. The van der Waals surface area contributed by atoms with Crippen molar-refractivity contribution in [3.63, 3.8) is 0 Å². The predicted molar refractivity (Wildman–Crippen MR) is 336 cm³/mol. The zero-order chi connectivity index (χ0) is 65.2. The van der Waals surface area contributed by atoms with Crippen molar-refractivity contribution in [2.75, 3.05) is 25.8 Å². The Hall–Kier alpha value is -7.24. The van der Waals surface area contributed by atoms with Crippen LogP contribution in [0, 0.1) is 23.7 Å². The Morgan fingerprint density at radius 3 is 1.15 bits per heavy atom. The van der Waals surface area contributed by atoms with Crippen LogP contribution in [0.15, 0.2) is 248 Å². The highest BCUT2D eigenvalue weighted by Crippen LogP contribution is 2.54. The molecule has 0 N–H and O–H groups in total. The van der Waals surface area contributed by atoms with Crippen molar-refractivity contribution in [2.45, 2.75) is 119 Å². The normalized spacial score (nSPS) is 17.4. The molecule has 476 valence electrons. The van der Waals surface area contributed by atoms with Gasteiger partial charge in [-0.25, -0.2) is 31.2 Å². The minimum Gasteiger partial charge on any atom is -0.748 e. The summed E-state index contributed by atoms with van der Waals surface area (Å²) in [5.41, 5.74) is 0.469. The average Bonchev–Trinajstić information content (AvgIpc) is 1.21. The largest absolute Gasteiger partial charge is 0.748 e. The molecule has 89 heavy (non-hydrogen) atoms. The zero-order valence-electron chi connectivity index (χ0n) is 50.2. The molecule has 10 rings (SSSR count). The van der Waals surface area contributed by atoms with Gasteiger partial charge < -0.3 is 32.8 Å². The Bertz CT molecular complexity index is 3120. The fourth-order valence-corrected chi connectivity index (χ4v) is 14.7. The minimum atomic E-state index is -5.81. The quantitative estimate of drug-likeness (QED) is 0.0154. The van der Waals surface area contributed by atoms with Gasteiger partial charge in [0.05, 0.1) is 50.2 Å². The summed E-state index contributed by atoms with van der Waals surface area (Å²) < 4.78 is 110. The highest BCUT2D eigenvalue weighted by Gasteiger charge is 2.49. The number of hydrogen-bond donors (Lipinski definition) is 0. The third-order valence-electron chi connectivity index (χ3n) is 14.0. The van der Waals surface area contributed by atoms with Crippen LogP contribution >= 0.6 is 0 Å². The van der Waals surface area contributed by atoms with Gasteiger partial charge in [-0.1, -0.05) is 136 Å². The Balaban J connectivity index is 0.000000203. The number of alkyl halides is 2. The average molecular weight is 1300 g/mol. The van der Waals surface area contributed by atoms with E-state index >= 15 is 0 Å². The molecule has 0 radical (unpaired) electrons. The molecule has 6 aromatic carbocycles. The lowest BCUT2D eigenvalue weighted by atomic mass is 9.55. The molecule has 0 aromatic heterocycles. The van der Waals surface area contributed by atoms with Crippen molar-refractivity contribution >= 4 is 65.9 Å². The number of carbonyl (C=O) groups is 4. The molecule has 6 aromatic rings. The van der Waals surface area contributed by atoms with Crippen molar-refractivity contribution in [2.24, 2.45) is 23.7 Å². The van der Waals surface area contributed by atoms with E-state index in [4.69, 9.17) is 14.2 Å². The van der Waals surface area contributed by atoms with Crippen molar-refractivity contribution < 1.29 is 77.6 Å². The van der Waals surface area contributed by atoms with Crippen LogP contribution in [0.4, 0.5) is 8.78 Å². The first-order chi connectivity index (χ1) is 42.3. The molecule has 0 saturated heterocycles. The summed E-state index contributed by atoms with van der Waals surface area (Å²) in [7, 11) is -10.3. The molecule has 4 aliphatic carbocycles. The van der Waals surface area contributed by atoms with Crippen molar-refractivity contribution in [3.05, 3.63) is 218 Å². The van der Waals surface area contributed by atoms with Gasteiger partial charge in [-0.2, -0.15) is 8.78 Å². The molecule has 4 saturated carbocycles. The Labute approximate surface area is 527 Å². The van der Waals surface area contributed by atoms with Crippen LogP contribution in [0.1, 0.15) is 72.6 Å². The van der Waals surface area contributed by atoms with E-state index in [1.54, 1.807) is 13.8 Å². The van der Waals surface area contributed by atoms with Gasteiger partial charge in [0.15, 0.2) is 52.9 Å². The monoisotopic (exact) mass is 1300 g/mol. The Morgan fingerprint density at radius 1 is 0.528 bits per heavy atom. The van der Waals surface area contributed by atoms with Gasteiger partial charge in [-0.3, -0.25) is 4.79 Å². The van der Waals surface area contributed by atoms with Crippen LogP contribution in [0.3, 0.4) is 0 Å². The topological polar surface area (TPSA) is 229 Å². The fraction of sp³-hybridized carbons (Fsp3) is 0.324. The van der Waals surface area contributed by atoms with Crippen molar-refractivity contribution in [3.8, 4) is 0 Å². The maximum absolute atomic E-state index is 12.3. The third kappa shape index (κ3) is 24.6. The molecule has 1 atom stereocenters. The molecule has 4 aliphatic rings. The second-order valence-electron chi connectivity index (χ2n) is 21.2. The van der Waals surface area contributed by atoms with Crippen LogP contribution in [-0.4, -0.2) is 93.0 Å². The van der Waals surface area contributed by atoms with Crippen LogP contribution in [-0.2, 0) is 84.9 Å². The highest BCUT2D eigenvalue weighted by molar-refractivity contribution is 7.97. The van der Waals surface area contributed by atoms with Crippen LogP contribution < -0.4 is 0 Å². The summed E-state index contributed by atoms with van der Waals surface area (Å²) in [4.78, 5) is 52.6. The molecule has 0 spiro atoms. The van der Waals surface area contributed by atoms with Crippen molar-refractivity contribution in [1.29, 1.82) is 0 Å². The summed E-state index contributed by atoms with van der Waals surface area (Å²) in [6, 6.07) is 64.3. The number of benzene rings is 6. The lowest BCUT2D eigenvalue weighted by molar-refractivity contribution is -0.183. The molecule has 4 bridgehead atoms. The standard InChI is InChI=1S/2C18H15S.C15H22O3.C11H18O7S.C6H8F2O5S/c2*1-4-10-16(11-5-1)19(17-12-6-2-7-13-17)18-14-8-3-9-15-18;1-9(2)15(16)18-8-17-14-12-4-10-3-11(6-12)7-13(14)5-10;1-4-9(18-11(13)8(2)3)7-10(12)17-5-6-19(14,15)16;1-4(2)5(9)13-3-6(7,8)14(10,11)12/h2*1-15H;10-14H,1,3-8H2,2H3;9H,2,4-7H2,1,3H3,(H,14,15,16);1,3H2,2H3,(H,10,11,12)/q2*+1;;;/p-2. The smallest absolute Gasteiger partial charge is 0.367 e. The van der Waals surface area contributed by atoms with E-state index in [9.17, 15) is 53.9 Å². The van der Waals surface area contributed by atoms with Gasteiger partial charge in [0.1, 0.15) is 12.7 Å². The lowest BCUT2D eigenvalue weighted by Gasteiger charge is -2.53. The first kappa shape index (κ1) is 72.5. The number of esters is 4. The molecular weight excluding hydrogens is 1220 g/mol. The van der Waals surface area contributed by atoms with Gasteiger partial charge >= 0.3 is 29.1 Å². The number of rotatable bonds is 22. The molecule has 21 heteroatoms. The predicted octanol–water partition coefficient (Wildman–Crippen LogP) is 13.1. The Morgan fingerprint density at radius 2 is 0.854 bits per heavy atom. The molecule has 1 unspecified atom stereocenters. The number of ether oxygens (including phenoxy) is 5. The first-order valence-electron chi connectivity index (χ1n) is 28.6. The first-order valence-corrected chi connectivity index (χ1v) is 34.0. The van der Waals surface area contributed by atoms with Gasteiger partial charge in [-0.05, 0) is 156 Å². The molecular formula is C68H76F2O15S4. The number of hydrogen-bond acceptors (Lipinski definition) is 15.